The molecule has 0 unspecified atom stereocenters. The molecule has 2 aromatic carbocycles. The third-order valence-corrected chi connectivity index (χ3v) is 4.68. The highest BCUT2D eigenvalue weighted by Crippen LogP contribution is 2.15. The number of amides is 1. The predicted octanol–water partition coefficient (Wildman–Crippen LogP) is 3.59. The van der Waals surface area contributed by atoms with Crippen LogP contribution < -0.4 is 15.8 Å². The zero-order valence-electron chi connectivity index (χ0n) is 15.7. The molecule has 0 saturated heterocycles. The largest absolute Gasteiger partial charge is 0.341 e. The summed E-state index contributed by atoms with van der Waals surface area (Å²) in [6.45, 7) is 2.23. The van der Waals surface area contributed by atoms with E-state index in [9.17, 15) is 9.59 Å². The summed E-state index contributed by atoms with van der Waals surface area (Å²) in [6, 6.07) is 18.6. The number of hydrogen-bond donors (Lipinski definition) is 1. The summed E-state index contributed by atoms with van der Waals surface area (Å²) in [5, 5.41) is 2.81. The molecule has 3 aromatic rings. The molecule has 0 radical (unpaired) electrons. The fourth-order valence-electron chi connectivity index (χ4n) is 2.85. The van der Waals surface area contributed by atoms with E-state index in [1.54, 1.807) is 19.1 Å². The van der Waals surface area contributed by atoms with Crippen molar-refractivity contribution in [2.45, 2.75) is 20.0 Å². The van der Waals surface area contributed by atoms with E-state index >= 15 is 0 Å². The lowest BCUT2D eigenvalue weighted by Crippen LogP contribution is -2.34. The molecule has 0 saturated carbocycles. The van der Waals surface area contributed by atoms with Gasteiger partial charge in [-0.3, -0.25) is 14.2 Å². The third kappa shape index (κ3) is 5.07. The first-order valence-corrected chi connectivity index (χ1v) is 9.60. The van der Waals surface area contributed by atoms with Crippen molar-refractivity contribution in [3.05, 3.63) is 86.7 Å². The minimum Gasteiger partial charge on any atom is -0.341 e. The van der Waals surface area contributed by atoms with E-state index in [1.807, 2.05) is 54.4 Å². The Morgan fingerprint density at radius 1 is 1.14 bits per heavy atom. The molecule has 0 bridgehead atoms. The van der Waals surface area contributed by atoms with Gasteiger partial charge in [-0.1, -0.05) is 46.3 Å². The molecule has 0 spiro atoms. The summed E-state index contributed by atoms with van der Waals surface area (Å²) < 4.78 is 2.32. The van der Waals surface area contributed by atoms with Crippen molar-refractivity contribution in [3.8, 4) is 0 Å². The number of carbonyl (C=O) groups excluding carboxylic acids is 1. The Morgan fingerprint density at radius 2 is 1.82 bits per heavy atom. The Morgan fingerprint density at radius 3 is 2.50 bits per heavy atom. The quantitative estimate of drug-likeness (QED) is 0.635. The second-order valence-electron chi connectivity index (χ2n) is 6.52. The molecule has 1 heterocycles. The van der Waals surface area contributed by atoms with E-state index < -0.39 is 0 Å². The van der Waals surface area contributed by atoms with Gasteiger partial charge in [-0.2, -0.15) is 0 Å². The number of nitrogens with one attached hydrogen (secondary N) is 1. The molecule has 1 amide bonds. The molecule has 144 valence electrons. The van der Waals surface area contributed by atoms with Gasteiger partial charge in [-0.15, -0.1) is 0 Å². The van der Waals surface area contributed by atoms with E-state index in [2.05, 4.69) is 26.2 Å². The zero-order chi connectivity index (χ0) is 20.1. The maximum absolute atomic E-state index is 12.6. The minimum atomic E-state index is -0.288. The molecule has 0 aliphatic heterocycles. The SMILES string of the molecule is Cc1cc(=O)n(CC(=O)Nc2ccc(Br)cc2)c(N(C)Cc2ccccc2)n1. The summed E-state index contributed by atoms with van der Waals surface area (Å²) in [6.07, 6.45) is 0. The molecule has 3 rings (SSSR count). The maximum atomic E-state index is 12.6. The lowest BCUT2D eigenvalue weighted by molar-refractivity contribution is -0.116. The Kier molecular flexibility index (Phi) is 6.26. The lowest BCUT2D eigenvalue weighted by Gasteiger charge is -2.22. The monoisotopic (exact) mass is 440 g/mol. The smallest absolute Gasteiger partial charge is 0.255 e. The lowest BCUT2D eigenvalue weighted by atomic mass is 10.2. The molecular formula is C21H21BrN4O2. The number of aromatic nitrogens is 2. The zero-order valence-corrected chi connectivity index (χ0v) is 17.3. The number of anilines is 2. The molecule has 1 N–H and O–H groups in total. The van der Waals surface area contributed by atoms with Crippen LogP contribution in [-0.2, 0) is 17.9 Å². The highest BCUT2D eigenvalue weighted by atomic mass is 79.9. The van der Waals surface area contributed by atoms with Gasteiger partial charge in [0.15, 0.2) is 0 Å². The summed E-state index contributed by atoms with van der Waals surface area (Å²) in [7, 11) is 1.86. The Bertz CT molecular complexity index is 1020. The van der Waals surface area contributed by atoms with Crippen LogP contribution in [0.1, 0.15) is 11.3 Å². The fraction of sp³-hybridized carbons (Fsp3) is 0.190. The third-order valence-electron chi connectivity index (χ3n) is 4.15. The highest BCUT2D eigenvalue weighted by Gasteiger charge is 2.15. The van der Waals surface area contributed by atoms with Crippen molar-refractivity contribution in [1.29, 1.82) is 0 Å². The van der Waals surface area contributed by atoms with Crippen LogP contribution in [0.5, 0.6) is 0 Å². The Labute approximate surface area is 172 Å². The summed E-state index contributed by atoms with van der Waals surface area (Å²) >= 11 is 3.36. The van der Waals surface area contributed by atoms with Gasteiger partial charge >= 0.3 is 0 Å². The molecule has 0 atom stereocenters. The van der Waals surface area contributed by atoms with Gasteiger partial charge in [0.25, 0.3) is 5.56 Å². The molecule has 6 nitrogen and oxygen atoms in total. The first kappa shape index (κ1) is 19.8. The molecule has 7 heteroatoms. The average Bonchev–Trinajstić information content (AvgIpc) is 2.66. The van der Waals surface area contributed by atoms with E-state index in [4.69, 9.17) is 0 Å². The number of nitrogens with zero attached hydrogens (tertiary/aromatic N) is 3. The molecular weight excluding hydrogens is 420 g/mol. The number of rotatable bonds is 6. The van der Waals surface area contributed by atoms with Gasteiger partial charge < -0.3 is 10.2 Å². The van der Waals surface area contributed by atoms with Crippen LogP contribution in [0.25, 0.3) is 0 Å². The van der Waals surface area contributed by atoms with Crippen LogP contribution in [-0.4, -0.2) is 22.5 Å². The first-order valence-electron chi connectivity index (χ1n) is 8.81. The number of carbonyl (C=O) groups is 1. The fourth-order valence-corrected chi connectivity index (χ4v) is 3.12. The first-order chi connectivity index (χ1) is 13.4. The summed E-state index contributed by atoms with van der Waals surface area (Å²) in [5.41, 5.74) is 2.12. The van der Waals surface area contributed by atoms with E-state index in [-0.39, 0.29) is 18.0 Å². The average molecular weight is 441 g/mol. The van der Waals surface area contributed by atoms with E-state index in [1.165, 1.54) is 10.6 Å². The number of hydrogen-bond acceptors (Lipinski definition) is 4. The van der Waals surface area contributed by atoms with Crippen LogP contribution in [0, 0.1) is 6.92 Å². The van der Waals surface area contributed by atoms with Gasteiger partial charge in [0.05, 0.1) is 0 Å². The van der Waals surface area contributed by atoms with Gasteiger partial charge in [0.1, 0.15) is 6.54 Å². The van der Waals surface area contributed by atoms with Crippen molar-refractivity contribution in [1.82, 2.24) is 9.55 Å². The van der Waals surface area contributed by atoms with Crippen molar-refractivity contribution in [2.75, 3.05) is 17.3 Å². The number of aryl methyl sites for hydroxylation is 1. The highest BCUT2D eigenvalue weighted by molar-refractivity contribution is 9.10. The normalized spacial score (nSPS) is 10.5. The van der Waals surface area contributed by atoms with Crippen LogP contribution in [0.15, 0.2) is 69.9 Å². The minimum absolute atomic E-state index is 0.114. The van der Waals surface area contributed by atoms with Gasteiger partial charge in [-0.25, -0.2) is 4.98 Å². The van der Waals surface area contributed by atoms with Crippen LogP contribution in [0.2, 0.25) is 0 Å². The molecule has 0 aliphatic rings. The summed E-state index contributed by atoms with van der Waals surface area (Å²) in [4.78, 5) is 31.4. The van der Waals surface area contributed by atoms with Crippen molar-refractivity contribution in [3.63, 3.8) is 0 Å². The van der Waals surface area contributed by atoms with Crippen molar-refractivity contribution in [2.24, 2.45) is 0 Å². The topological polar surface area (TPSA) is 67.2 Å². The maximum Gasteiger partial charge on any atom is 0.255 e. The predicted molar refractivity (Wildman–Crippen MR) is 115 cm³/mol. The van der Waals surface area contributed by atoms with Gasteiger partial charge in [0.2, 0.25) is 11.9 Å². The second-order valence-corrected chi connectivity index (χ2v) is 7.43. The molecule has 1 aromatic heterocycles. The van der Waals surface area contributed by atoms with Gasteiger partial charge in [-0.05, 0) is 36.8 Å². The van der Waals surface area contributed by atoms with Crippen LogP contribution in [0.3, 0.4) is 0 Å². The van der Waals surface area contributed by atoms with Crippen molar-refractivity contribution >= 4 is 33.5 Å². The second kappa shape index (κ2) is 8.84. The van der Waals surface area contributed by atoms with E-state index in [0.717, 1.165) is 10.0 Å². The van der Waals surface area contributed by atoms with Crippen LogP contribution in [0.4, 0.5) is 11.6 Å². The van der Waals surface area contributed by atoms with Crippen molar-refractivity contribution < 1.29 is 4.79 Å². The standard InChI is InChI=1S/C21H21BrN4O2/c1-15-12-20(28)26(14-19(27)24-18-10-8-17(22)9-11-18)21(23-15)25(2)13-16-6-4-3-5-7-16/h3-12H,13-14H2,1-2H3,(H,24,27). The summed E-state index contributed by atoms with van der Waals surface area (Å²) in [5.74, 6) is 0.171. The molecule has 0 fully saturated rings. The van der Waals surface area contributed by atoms with Gasteiger partial charge in [0, 0.05) is 35.5 Å². The molecule has 28 heavy (non-hydrogen) atoms. The van der Waals surface area contributed by atoms with E-state index in [0.29, 0.717) is 23.9 Å². The molecule has 0 aliphatic carbocycles. The Balaban J connectivity index is 1.82. The number of benzene rings is 2. The number of halogens is 1. The van der Waals surface area contributed by atoms with Crippen LogP contribution >= 0.6 is 15.9 Å². The Hall–Kier alpha value is -2.93.